The van der Waals surface area contributed by atoms with Gasteiger partial charge in [0.1, 0.15) is 0 Å². The molecule has 1 aromatic rings. The standard InChI is InChI=1S/C20H30ClN5O.HI/c1-22-20(23-13-17-14-26-8-4-5-16(26)15-27-17)25-11-9-24(10-12-25)19-7-3-2-6-18(19)21;/h2-3,6-7,16-17H,4-5,8-15H2,1H3,(H,22,23);1H. The van der Waals surface area contributed by atoms with Crippen molar-refractivity contribution in [2.45, 2.75) is 25.0 Å². The van der Waals surface area contributed by atoms with E-state index in [1.807, 2.05) is 25.2 Å². The average Bonchev–Trinajstić information content (AvgIpc) is 3.17. The monoisotopic (exact) mass is 519 g/mol. The van der Waals surface area contributed by atoms with E-state index in [-0.39, 0.29) is 30.1 Å². The normalized spacial score (nSPS) is 26.0. The van der Waals surface area contributed by atoms with E-state index in [0.29, 0.717) is 6.04 Å². The van der Waals surface area contributed by atoms with E-state index in [1.54, 1.807) is 0 Å². The molecule has 0 aromatic heterocycles. The summed E-state index contributed by atoms with van der Waals surface area (Å²) in [6.45, 7) is 7.72. The van der Waals surface area contributed by atoms with Crippen LogP contribution in [-0.4, -0.2) is 87.4 Å². The first-order valence-electron chi connectivity index (χ1n) is 10.1. The molecule has 3 aliphatic heterocycles. The van der Waals surface area contributed by atoms with E-state index in [0.717, 1.165) is 62.5 Å². The highest BCUT2D eigenvalue weighted by molar-refractivity contribution is 14.0. The molecule has 0 radical (unpaired) electrons. The summed E-state index contributed by atoms with van der Waals surface area (Å²) in [6.07, 6.45) is 2.85. The van der Waals surface area contributed by atoms with Crippen LogP contribution in [0.1, 0.15) is 12.8 Å². The molecule has 3 fully saturated rings. The zero-order chi connectivity index (χ0) is 18.6. The van der Waals surface area contributed by atoms with Crippen LogP contribution in [0.2, 0.25) is 5.02 Å². The Balaban J connectivity index is 0.00000225. The van der Waals surface area contributed by atoms with Crippen molar-refractivity contribution in [2.75, 3.05) is 64.4 Å². The quantitative estimate of drug-likeness (QED) is 0.378. The van der Waals surface area contributed by atoms with Gasteiger partial charge in [-0.15, -0.1) is 24.0 Å². The summed E-state index contributed by atoms with van der Waals surface area (Å²) in [5, 5.41) is 4.36. The zero-order valence-electron chi connectivity index (χ0n) is 16.5. The van der Waals surface area contributed by atoms with Crippen molar-refractivity contribution in [3.05, 3.63) is 29.3 Å². The van der Waals surface area contributed by atoms with Gasteiger partial charge in [0.15, 0.2) is 5.96 Å². The molecule has 6 nitrogen and oxygen atoms in total. The van der Waals surface area contributed by atoms with Gasteiger partial charge in [0.05, 0.1) is 23.4 Å². The van der Waals surface area contributed by atoms with Crippen LogP contribution in [-0.2, 0) is 4.74 Å². The average molecular weight is 520 g/mol. The lowest BCUT2D eigenvalue weighted by Gasteiger charge is -2.39. The molecule has 0 saturated carbocycles. The van der Waals surface area contributed by atoms with Crippen LogP contribution < -0.4 is 10.2 Å². The minimum Gasteiger partial charge on any atom is -0.373 e. The minimum absolute atomic E-state index is 0. The van der Waals surface area contributed by atoms with Crippen LogP contribution in [0.5, 0.6) is 0 Å². The molecule has 2 atom stereocenters. The number of nitrogens with one attached hydrogen (secondary N) is 1. The molecule has 4 rings (SSSR count). The number of anilines is 1. The fourth-order valence-corrected chi connectivity index (χ4v) is 4.67. The Hall–Kier alpha value is -0.770. The lowest BCUT2D eigenvalue weighted by molar-refractivity contribution is -0.0454. The molecule has 3 aliphatic rings. The molecule has 3 heterocycles. The summed E-state index contributed by atoms with van der Waals surface area (Å²) in [4.78, 5) is 11.8. The van der Waals surface area contributed by atoms with Gasteiger partial charge < -0.3 is 19.9 Å². The van der Waals surface area contributed by atoms with Crippen molar-refractivity contribution in [3.63, 3.8) is 0 Å². The molecule has 0 spiro atoms. The molecule has 8 heteroatoms. The number of morpholine rings is 1. The Labute approximate surface area is 190 Å². The summed E-state index contributed by atoms with van der Waals surface area (Å²) in [5.74, 6) is 0.973. The number of ether oxygens (including phenoxy) is 1. The van der Waals surface area contributed by atoms with E-state index in [4.69, 9.17) is 16.3 Å². The van der Waals surface area contributed by atoms with Crippen LogP contribution in [0.15, 0.2) is 29.3 Å². The molecular weight excluding hydrogens is 489 g/mol. The van der Waals surface area contributed by atoms with Crippen molar-refractivity contribution in [2.24, 2.45) is 4.99 Å². The van der Waals surface area contributed by atoms with Crippen molar-refractivity contribution in [1.29, 1.82) is 0 Å². The Morgan fingerprint density at radius 2 is 2.00 bits per heavy atom. The number of piperazine rings is 1. The first-order chi connectivity index (χ1) is 13.2. The molecule has 1 aromatic carbocycles. The lowest BCUT2D eigenvalue weighted by atomic mass is 10.2. The van der Waals surface area contributed by atoms with Crippen LogP contribution in [0, 0.1) is 0 Å². The predicted molar refractivity (Wildman–Crippen MR) is 126 cm³/mol. The fourth-order valence-electron chi connectivity index (χ4n) is 4.41. The van der Waals surface area contributed by atoms with Crippen molar-refractivity contribution in [3.8, 4) is 0 Å². The summed E-state index contributed by atoms with van der Waals surface area (Å²) >= 11 is 6.35. The maximum Gasteiger partial charge on any atom is 0.193 e. The molecule has 2 unspecified atom stereocenters. The van der Waals surface area contributed by atoms with Gasteiger partial charge in [0.25, 0.3) is 0 Å². The third-order valence-corrected chi connectivity index (χ3v) is 6.25. The van der Waals surface area contributed by atoms with E-state index in [1.165, 1.54) is 19.4 Å². The van der Waals surface area contributed by atoms with Crippen LogP contribution in [0.4, 0.5) is 5.69 Å². The summed E-state index contributed by atoms with van der Waals surface area (Å²) in [5.41, 5.74) is 1.12. The maximum atomic E-state index is 6.35. The van der Waals surface area contributed by atoms with Crippen LogP contribution in [0.25, 0.3) is 0 Å². The van der Waals surface area contributed by atoms with Gasteiger partial charge in [-0.25, -0.2) is 0 Å². The van der Waals surface area contributed by atoms with Gasteiger partial charge in [0, 0.05) is 52.4 Å². The minimum atomic E-state index is 0. The third kappa shape index (κ3) is 5.04. The lowest BCUT2D eigenvalue weighted by Crippen LogP contribution is -2.55. The predicted octanol–water partition coefficient (Wildman–Crippen LogP) is 2.52. The number of rotatable bonds is 3. The van der Waals surface area contributed by atoms with Crippen molar-refractivity contribution >= 4 is 47.2 Å². The Morgan fingerprint density at radius 3 is 2.75 bits per heavy atom. The van der Waals surface area contributed by atoms with Gasteiger partial charge >= 0.3 is 0 Å². The van der Waals surface area contributed by atoms with Crippen LogP contribution in [0.3, 0.4) is 0 Å². The zero-order valence-corrected chi connectivity index (χ0v) is 19.6. The van der Waals surface area contributed by atoms with E-state index < -0.39 is 0 Å². The molecule has 156 valence electrons. The number of hydrogen-bond donors (Lipinski definition) is 1. The summed E-state index contributed by atoms with van der Waals surface area (Å²) < 4.78 is 6.06. The number of nitrogens with zero attached hydrogens (tertiary/aromatic N) is 4. The first-order valence-corrected chi connectivity index (χ1v) is 10.4. The molecule has 28 heavy (non-hydrogen) atoms. The number of fused-ring (bicyclic) bond motifs is 1. The SMILES string of the molecule is CN=C(NCC1CN2CCCC2CO1)N1CCN(c2ccccc2Cl)CC1.I. The smallest absolute Gasteiger partial charge is 0.193 e. The maximum absolute atomic E-state index is 6.35. The number of guanidine groups is 1. The number of aliphatic imine (C=N–C) groups is 1. The van der Waals surface area contributed by atoms with Gasteiger partial charge in [-0.1, -0.05) is 23.7 Å². The number of para-hydroxylation sites is 1. The van der Waals surface area contributed by atoms with E-state index >= 15 is 0 Å². The largest absolute Gasteiger partial charge is 0.373 e. The molecular formula is C20H31ClIN5O. The highest BCUT2D eigenvalue weighted by atomic mass is 127. The van der Waals surface area contributed by atoms with Crippen molar-refractivity contribution < 1.29 is 4.74 Å². The van der Waals surface area contributed by atoms with Gasteiger partial charge in [-0.2, -0.15) is 0 Å². The molecule has 1 N–H and O–H groups in total. The van der Waals surface area contributed by atoms with Gasteiger partial charge in [-0.3, -0.25) is 9.89 Å². The second-order valence-corrected chi connectivity index (χ2v) is 8.01. The Morgan fingerprint density at radius 1 is 1.21 bits per heavy atom. The van der Waals surface area contributed by atoms with Gasteiger partial charge in [-0.05, 0) is 31.5 Å². The highest BCUT2D eigenvalue weighted by Gasteiger charge is 2.32. The molecule has 0 aliphatic carbocycles. The van der Waals surface area contributed by atoms with Crippen molar-refractivity contribution in [1.82, 2.24) is 15.1 Å². The second-order valence-electron chi connectivity index (χ2n) is 7.60. The van der Waals surface area contributed by atoms with Crippen LogP contribution >= 0.6 is 35.6 Å². The van der Waals surface area contributed by atoms with Gasteiger partial charge in [0.2, 0.25) is 0 Å². The first kappa shape index (κ1) is 21.9. The summed E-state index contributed by atoms with van der Waals surface area (Å²) in [7, 11) is 1.86. The Kier molecular flexibility index (Phi) is 8.08. The molecule has 0 bridgehead atoms. The fraction of sp³-hybridized carbons (Fsp3) is 0.650. The molecule has 0 amide bonds. The number of benzene rings is 1. The highest BCUT2D eigenvalue weighted by Crippen LogP contribution is 2.26. The number of halogens is 2. The Bertz CT molecular complexity index is 668. The van der Waals surface area contributed by atoms with E-state index in [9.17, 15) is 0 Å². The summed E-state index contributed by atoms with van der Waals surface area (Å²) in [6, 6.07) is 8.73. The topological polar surface area (TPSA) is 43.3 Å². The second kappa shape index (κ2) is 10.3. The van der Waals surface area contributed by atoms with E-state index in [2.05, 4.69) is 31.1 Å². The third-order valence-electron chi connectivity index (χ3n) is 5.93. The molecule has 3 saturated heterocycles. The number of hydrogen-bond acceptors (Lipinski definition) is 4.